The molecule has 1 aromatic heterocycles. The predicted molar refractivity (Wildman–Crippen MR) is 65.4 cm³/mol. The Kier molecular flexibility index (Phi) is 3.76. The van der Waals surface area contributed by atoms with Gasteiger partial charge in [-0.3, -0.25) is 4.79 Å². The Balaban J connectivity index is 2.14. The minimum absolute atomic E-state index is 0.192. The highest BCUT2D eigenvalue weighted by Crippen LogP contribution is 2.29. The van der Waals surface area contributed by atoms with Crippen molar-refractivity contribution < 1.29 is 14.3 Å². The third-order valence-electron chi connectivity index (χ3n) is 2.07. The topological polar surface area (TPSA) is 74.4 Å². The normalized spacial score (nSPS) is 9.78. The molecule has 0 fully saturated rings. The van der Waals surface area contributed by atoms with Crippen molar-refractivity contribution in [3.8, 4) is 17.4 Å². The van der Waals surface area contributed by atoms with E-state index in [-0.39, 0.29) is 6.61 Å². The van der Waals surface area contributed by atoms with Gasteiger partial charge < -0.3 is 15.2 Å². The lowest BCUT2D eigenvalue weighted by Crippen LogP contribution is -2.20. The lowest BCUT2D eigenvalue weighted by atomic mass is 10.3. The number of ether oxygens (including phenoxy) is 2. The number of rotatable bonds is 5. The summed E-state index contributed by atoms with van der Waals surface area (Å²) < 4.78 is 10.8. The van der Waals surface area contributed by atoms with Gasteiger partial charge >= 0.3 is 0 Å². The Morgan fingerprint density at radius 1 is 1.11 bits per heavy atom. The molecule has 0 saturated carbocycles. The zero-order valence-electron chi connectivity index (χ0n) is 9.58. The molecule has 5 heteroatoms. The molecule has 0 aliphatic rings. The minimum Gasteiger partial charge on any atom is -0.480 e. The molecule has 0 spiro atoms. The average molecular weight is 244 g/mol. The summed E-state index contributed by atoms with van der Waals surface area (Å²) in [4.78, 5) is 14.7. The first-order valence-corrected chi connectivity index (χ1v) is 5.35. The molecule has 2 aromatic rings. The van der Waals surface area contributed by atoms with Crippen LogP contribution in [0.3, 0.4) is 0 Å². The number of pyridine rings is 1. The van der Waals surface area contributed by atoms with Crippen molar-refractivity contribution in [2.45, 2.75) is 0 Å². The highest BCUT2D eigenvalue weighted by Gasteiger charge is 2.07. The number of carbonyl (C=O) groups is 1. The van der Waals surface area contributed by atoms with Crippen LogP contribution in [-0.2, 0) is 4.79 Å². The first kappa shape index (κ1) is 11.9. The maximum atomic E-state index is 10.7. The van der Waals surface area contributed by atoms with Crippen molar-refractivity contribution in [3.63, 3.8) is 0 Å². The minimum atomic E-state index is -0.539. The summed E-state index contributed by atoms with van der Waals surface area (Å²) in [5, 5.41) is 0. The molecule has 18 heavy (non-hydrogen) atoms. The summed E-state index contributed by atoms with van der Waals surface area (Å²) in [6.07, 6.45) is 1.63. The van der Waals surface area contributed by atoms with E-state index in [1.54, 1.807) is 42.6 Å². The van der Waals surface area contributed by atoms with Gasteiger partial charge in [-0.05, 0) is 18.2 Å². The monoisotopic (exact) mass is 244 g/mol. The number of hydrogen-bond acceptors (Lipinski definition) is 4. The van der Waals surface area contributed by atoms with E-state index in [1.807, 2.05) is 6.07 Å². The number of nitrogens with two attached hydrogens (primary N) is 1. The van der Waals surface area contributed by atoms with E-state index in [1.165, 1.54) is 0 Å². The molecular formula is C13H12N2O3. The smallest absolute Gasteiger partial charge is 0.255 e. The summed E-state index contributed by atoms with van der Waals surface area (Å²) in [5.74, 6) is 0.842. The Morgan fingerprint density at radius 2 is 1.83 bits per heavy atom. The van der Waals surface area contributed by atoms with Gasteiger partial charge in [0.1, 0.15) is 0 Å². The SMILES string of the molecule is NC(=O)COc1ccccc1Oc1ccccn1. The lowest BCUT2D eigenvalue weighted by Gasteiger charge is -2.10. The molecule has 92 valence electrons. The maximum absolute atomic E-state index is 10.7. The van der Waals surface area contributed by atoms with Gasteiger partial charge in [0, 0.05) is 12.3 Å². The summed E-state index contributed by atoms with van der Waals surface area (Å²) in [5.41, 5.74) is 5.03. The van der Waals surface area contributed by atoms with E-state index >= 15 is 0 Å². The fraction of sp³-hybridized carbons (Fsp3) is 0.0769. The Bertz CT molecular complexity index is 529. The van der Waals surface area contributed by atoms with Gasteiger partial charge in [0.25, 0.3) is 5.91 Å². The molecule has 1 heterocycles. The third kappa shape index (κ3) is 3.21. The second kappa shape index (κ2) is 5.67. The molecule has 0 unspecified atom stereocenters. The standard InChI is InChI=1S/C13H12N2O3/c14-12(16)9-17-10-5-1-2-6-11(10)18-13-7-3-4-8-15-13/h1-8H,9H2,(H2,14,16). The summed E-state index contributed by atoms with van der Waals surface area (Å²) >= 11 is 0. The van der Waals surface area contributed by atoms with Crippen molar-refractivity contribution in [1.82, 2.24) is 4.98 Å². The van der Waals surface area contributed by atoms with Crippen molar-refractivity contribution >= 4 is 5.91 Å². The molecule has 1 aromatic carbocycles. The first-order valence-electron chi connectivity index (χ1n) is 5.35. The van der Waals surface area contributed by atoms with Gasteiger partial charge in [-0.2, -0.15) is 0 Å². The lowest BCUT2D eigenvalue weighted by molar-refractivity contribution is -0.119. The molecule has 5 nitrogen and oxygen atoms in total. The Labute approximate surface area is 104 Å². The molecule has 1 amide bonds. The molecule has 0 bridgehead atoms. The summed E-state index contributed by atoms with van der Waals surface area (Å²) in [6.45, 7) is -0.192. The average Bonchev–Trinajstić information content (AvgIpc) is 2.39. The van der Waals surface area contributed by atoms with Crippen LogP contribution < -0.4 is 15.2 Å². The van der Waals surface area contributed by atoms with E-state index in [4.69, 9.17) is 15.2 Å². The van der Waals surface area contributed by atoms with E-state index < -0.39 is 5.91 Å². The number of nitrogens with zero attached hydrogens (tertiary/aromatic N) is 1. The molecule has 0 radical (unpaired) electrons. The van der Waals surface area contributed by atoms with Gasteiger partial charge in [0.2, 0.25) is 5.88 Å². The zero-order chi connectivity index (χ0) is 12.8. The van der Waals surface area contributed by atoms with Gasteiger partial charge in [-0.15, -0.1) is 0 Å². The summed E-state index contributed by atoms with van der Waals surface area (Å²) in [6, 6.07) is 12.3. The maximum Gasteiger partial charge on any atom is 0.255 e. The van der Waals surface area contributed by atoms with Crippen LogP contribution in [0.5, 0.6) is 17.4 Å². The first-order chi connectivity index (χ1) is 8.75. The Morgan fingerprint density at radius 3 is 2.50 bits per heavy atom. The number of aromatic nitrogens is 1. The largest absolute Gasteiger partial charge is 0.480 e. The quantitative estimate of drug-likeness (QED) is 0.869. The van der Waals surface area contributed by atoms with Crippen LogP contribution in [0.25, 0.3) is 0 Å². The molecule has 0 aliphatic heterocycles. The van der Waals surface area contributed by atoms with Crippen molar-refractivity contribution in [1.29, 1.82) is 0 Å². The fourth-order valence-corrected chi connectivity index (χ4v) is 1.32. The summed E-state index contributed by atoms with van der Waals surface area (Å²) in [7, 11) is 0. The van der Waals surface area contributed by atoms with Crippen LogP contribution >= 0.6 is 0 Å². The second-order valence-corrected chi connectivity index (χ2v) is 3.47. The van der Waals surface area contributed by atoms with Crippen LogP contribution in [0.2, 0.25) is 0 Å². The van der Waals surface area contributed by atoms with E-state index in [9.17, 15) is 4.79 Å². The number of hydrogen-bond donors (Lipinski definition) is 1. The fourth-order valence-electron chi connectivity index (χ4n) is 1.32. The molecule has 2 rings (SSSR count). The highest BCUT2D eigenvalue weighted by molar-refractivity contribution is 5.75. The van der Waals surface area contributed by atoms with Gasteiger partial charge in [0.15, 0.2) is 18.1 Å². The van der Waals surface area contributed by atoms with E-state index in [0.717, 1.165) is 0 Å². The van der Waals surface area contributed by atoms with E-state index in [0.29, 0.717) is 17.4 Å². The van der Waals surface area contributed by atoms with Crippen molar-refractivity contribution in [2.75, 3.05) is 6.61 Å². The Hall–Kier alpha value is -2.56. The molecule has 0 aliphatic carbocycles. The molecule has 0 atom stereocenters. The van der Waals surface area contributed by atoms with Crippen molar-refractivity contribution in [3.05, 3.63) is 48.7 Å². The second-order valence-electron chi connectivity index (χ2n) is 3.47. The number of primary amides is 1. The van der Waals surface area contributed by atoms with Gasteiger partial charge in [-0.1, -0.05) is 18.2 Å². The van der Waals surface area contributed by atoms with E-state index in [2.05, 4.69) is 4.98 Å². The predicted octanol–water partition coefficient (Wildman–Crippen LogP) is 1.74. The highest BCUT2D eigenvalue weighted by atomic mass is 16.5. The van der Waals surface area contributed by atoms with Crippen molar-refractivity contribution in [2.24, 2.45) is 5.73 Å². The molecular weight excluding hydrogens is 232 g/mol. The number of para-hydroxylation sites is 2. The number of benzene rings is 1. The molecule has 2 N–H and O–H groups in total. The number of amides is 1. The van der Waals surface area contributed by atoms with Gasteiger partial charge in [0.05, 0.1) is 0 Å². The molecule has 0 saturated heterocycles. The van der Waals surface area contributed by atoms with Crippen LogP contribution in [0, 0.1) is 0 Å². The third-order valence-corrected chi connectivity index (χ3v) is 2.07. The number of carbonyl (C=O) groups excluding carboxylic acids is 1. The van der Waals surface area contributed by atoms with Gasteiger partial charge in [-0.25, -0.2) is 4.98 Å². The van der Waals surface area contributed by atoms with Crippen LogP contribution in [0.4, 0.5) is 0 Å². The zero-order valence-corrected chi connectivity index (χ0v) is 9.58. The van der Waals surface area contributed by atoms with Crippen LogP contribution in [0.1, 0.15) is 0 Å². The van der Waals surface area contributed by atoms with Crippen LogP contribution in [0.15, 0.2) is 48.7 Å². The van der Waals surface area contributed by atoms with Crippen LogP contribution in [-0.4, -0.2) is 17.5 Å².